The number of hydrogen-bond donors (Lipinski definition) is 0. The highest BCUT2D eigenvalue weighted by Gasteiger charge is 2.33. The maximum atomic E-state index is 13.2. The first-order valence-electron chi connectivity index (χ1n) is 9.36. The number of aromatic nitrogens is 1. The Labute approximate surface area is 173 Å². The minimum atomic E-state index is -4.52. The average molecular weight is 433 g/mol. The van der Waals surface area contributed by atoms with Crippen molar-refractivity contribution in [2.75, 3.05) is 6.26 Å². The highest BCUT2D eigenvalue weighted by Crippen LogP contribution is 2.42. The molecule has 1 aromatic heterocycles. The van der Waals surface area contributed by atoms with Gasteiger partial charge in [-0.05, 0) is 42.5 Å². The molecule has 0 N–H and O–H groups in total. The van der Waals surface area contributed by atoms with Crippen LogP contribution in [0.4, 0.5) is 13.2 Å². The molecule has 0 spiro atoms. The normalized spacial score (nSPS) is 15.2. The van der Waals surface area contributed by atoms with Crippen molar-refractivity contribution >= 4 is 16.6 Å². The Kier molecular flexibility index (Phi) is 5.36. The number of rotatable bonds is 6. The van der Waals surface area contributed by atoms with Gasteiger partial charge in [-0.15, -0.1) is 0 Å². The summed E-state index contributed by atoms with van der Waals surface area (Å²) in [6, 6.07) is 10.1. The van der Waals surface area contributed by atoms with E-state index in [-0.39, 0.29) is 23.0 Å². The average Bonchev–Trinajstić information content (AvgIpc) is 3.43. The third kappa shape index (κ3) is 4.09. The van der Waals surface area contributed by atoms with E-state index in [2.05, 4.69) is 5.16 Å². The molecule has 0 amide bonds. The molecule has 1 aliphatic carbocycles. The summed E-state index contributed by atoms with van der Waals surface area (Å²) in [5, 5.41) is 3.77. The van der Waals surface area contributed by atoms with Gasteiger partial charge in [0.25, 0.3) is 0 Å². The van der Waals surface area contributed by atoms with Crippen molar-refractivity contribution in [1.29, 1.82) is 0 Å². The Hall–Kier alpha value is -2.74. The summed E-state index contributed by atoms with van der Waals surface area (Å²) in [4.78, 5) is 13.3. The van der Waals surface area contributed by atoms with Crippen LogP contribution in [0.2, 0.25) is 0 Å². The molecule has 0 bridgehead atoms. The lowest BCUT2D eigenvalue weighted by Gasteiger charge is -2.14. The van der Waals surface area contributed by atoms with Gasteiger partial charge < -0.3 is 4.52 Å². The predicted octanol–water partition coefficient (Wildman–Crippen LogP) is 5.13. The molecule has 1 saturated carbocycles. The van der Waals surface area contributed by atoms with Crippen LogP contribution in [0.3, 0.4) is 0 Å². The van der Waals surface area contributed by atoms with Crippen LogP contribution in [-0.2, 0) is 23.4 Å². The maximum absolute atomic E-state index is 13.2. The highest BCUT2D eigenvalue weighted by atomic mass is 32.2. The Morgan fingerprint density at radius 1 is 1.13 bits per heavy atom. The summed E-state index contributed by atoms with van der Waals surface area (Å²) >= 11 is 0. The van der Waals surface area contributed by atoms with E-state index < -0.39 is 22.5 Å². The molecule has 1 unspecified atom stereocenters. The second kappa shape index (κ2) is 7.83. The lowest BCUT2D eigenvalue weighted by Crippen LogP contribution is -2.10. The van der Waals surface area contributed by atoms with Gasteiger partial charge in [-0.1, -0.05) is 35.5 Å². The van der Waals surface area contributed by atoms with Crippen molar-refractivity contribution in [3.8, 4) is 0 Å². The Morgan fingerprint density at radius 2 is 1.87 bits per heavy atom. The van der Waals surface area contributed by atoms with Crippen LogP contribution in [0.5, 0.6) is 0 Å². The lowest BCUT2D eigenvalue weighted by molar-refractivity contribution is -0.137. The van der Waals surface area contributed by atoms with E-state index in [1.165, 1.54) is 18.5 Å². The minimum Gasteiger partial charge on any atom is -0.360 e. The molecular weight excluding hydrogens is 415 g/mol. The molecule has 1 fully saturated rings. The highest BCUT2D eigenvalue weighted by molar-refractivity contribution is 7.84. The molecule has 1 aliphatic rings. The molecule has 1 heterocycles. The first-order chi connectivity index (χ1) is 14.3. The quantitative estimate of drug-likeness (QED) is 0.506. The van der Waals surface area contributed by atoms with E-state index in [0.717, 1.165) is 25.0 Å². The van der Waals surface area contributed by atoms with Crippen molar-refractivity contribution in [1.82, 2.24) is 5.16 Å². The van der Waals surface area contributed by atoms with E-state index in [9.17, 15) is 22.2 Å². The standard InChI is InChI=1S/C22H18F3NO3S/c1-30(28)19-11-16(22(23,24)25)9-8-15(19)10-14-4-2-3-5-17(14)20(27)18-12-26-29-21(18)13-6-7-13/h2-5,8-9,11-13H,6-7,10H2,1H3. The first-order valence-corrected chi connectivity index (χ1v) is 10.9. The predicted molar refractivity (Wildman–Crippen MR) is 105 cm³/mol. The molecule has 0 radical (unpaired) electrons. The van der Waals surface area contributed by atoms with Gasteiger partial charge in [0.1, 0.15) is 0 Å². The fourth-order valence-corrected chi connectivity index (χ4v) is 4.25. The van der Waals surface area contributed by atoms with E-state index in [1.807, 2.05) is 0 Å². The number of alkyl halides is 3. The van der Waals surface area contributed by atoms with Crippen molar-refractivity contribution in [2.45, 2.75) is 36.3 Å². The molecule has 156 valence electrons. The monoisotopic (exact) mass is 433 g/mol. The zero-order valence-corrected chi connectivity index (χ0v) is 16.8. The number of carbonyl (C=O) groups excluding carboxylic acids is 1. The minimum absolute atomic E-state index is 0.107. The second-order valence-corrected chi connectivity index (χ2v) is 8.66. The number of carbonyl (C=O) groups is 1. The van der Waals surface area contributed by atoms with Gasteiger partial charge in [0, 0.05) is 22.6 Å². The Balaban J connectivity index is 1.71. The summed E-state index contributed by atoms with van der Waals surface area (Å²) in [5.41, 5.74) is 1.11. The van der Waals surface area contributed by atoms with Crippen molar-refractivity contribution in [2.24, 2.45) is 0 Å². The molecule has 4 rings (SSSR count). The summed E-state index contributed by atoms with van der Waals surface area (Å²) in [6.07, 6.45) is 0.322. The van der Waals surface area contributed by atoms with Gasteiger partial charge in [0.2, 0.25) is 0 Å². The maximum Gasteiger partial charge on any atom is 0.416 e. The van der Waals surface area contributed by atoms with Gasteiger partial charge >= 0.3 is 6.18 Å². The summed E-state index contributed by atoms with van der Waals surface area (Å²) in [7, 11) is -1.62. The molecule has 2 aromatic carbocycles. The molecule has 8 heteroatoms. The van der Waals surface area contributed by atoms with Gasteiger partial charge in [0.05, 0.1) is 28.1 Å². The summed E-state index contributed by atoms with van der Waals surface area (Å²) in [5.74, 6) is 0.558. The smallest absolute Gasteiger partial charge is 0.360 e. The number of ketones is 1. The molecule has 0 aliphatic heterocycles. The van der Waals surface area contributed by atoms with E-state index >= 15 is 0 Å². The second-order valence-electron chi connectivity index (χ2n) is 7.32. The lowest BCUT2D eigenvalue weighted by atomic mass is 9.93. The van der Waals surface area contributed by atoms with E-state index in [0.29, 0.717) is 28.0 Å². The zero-order chi connectivity index (χ0) is 21.5. The number of halogens is 3. The van der Waals surface area contributed by atoms with Gasteiger partial charge in [-0.25, -0.2) is 0 Å². The Morgan fingerprint density at radius 3 is 2.53 bits per heavy atom. The van der Waals surface area contributed by atoms with Crippen molar-refractivity contribution < 1.29 is 26.7 Å². The molecule has 4 nitrogen and oxygen atoms in total. The Bertz CT molecular complexity index is 1130. The third-order valence-corrected chi connectivity index (χ3v) is 6.14. The van der Waals surface area contributed by atoms with Crippen LogP contribution in [0.1, 0.15) is 57.1 Å². The third-order valence-electron chi connectivity index (χ3n) is 5.14. The van der Waals surface area contributed by atoms with Crippen LogP contribution in [0.25, 0.3) is 0 Å². The van der Waals surface area contributed by atoms with Crippen LogP contribution < -0.4 is 0 Å². The number of hydrogen-bond acceptors (Lipinski definition) is 4. The van der Waals surface area contributed by atoms with Crippen molar-refractivity contribution in [3.05, 3.63) is 82.2 Å². The molecule has 0 saturated heterocycles. The van der Waals surface area contributed by atoms with Crippen LogP contribution in [-0.4, -0.2) is 21.4 Å². The molecular formula is C22H18F3NO3S. The van der Waals surface area contributed by atoms with Crippen LogP contribution in [0.15, 0.2) is 58.1 Å². The van der Waals surface area contributed by atoms with E-state index in [1.54, 1.807) is 24.3 Å². The van der Waals surface area contributed by atoms with Crippen LogP contribution in [0, 0.1) is 0 Å². The number of benzene rings is 2. The molecule has 3 aromatic rings. The van der Waals surface area contributed by atoms with Gasteiger partial charge in [0.15, 0.2) is 11.5 Å². The van der Waals surface area contributed by atoms with Crippen LogP contribution >= 0.6 is 0 Å². The molecule has 30 heavy (non-hydrogen) atoms. The van der Waals surface area contributed by atoms with E-state index in [4.69, 9.17) is 4.52 Å². The summed E-state index contributed by atoms with van der Waals surface area (Å²) in [6.45, 7) is 0. The first kappa shape index (κ1) is 20.5. The largest absolute Gasteiger partial charge is 0.416 e. The van der Waals surface area contributed by atoms with Crippen molar-refractivity contribution in [3.63, 3.8) is 0 Å². The zero-order valence-electron chi connectivity index (χ0n) is 16.0. The van der Waals surface area contributed by atoms with Gasteiger partial charge in [-0.2, -0.15) is 13.2 Å². The molecule has 1 atom stereocenters. The van der Waals surface area contributed by atoms with Gasteiger partial charge in [-0.3, -0.25) is 9.00 Å². The SMILES string of the molecule is CS(=O)c1cc(C(F)(F)F)ccc1Cc1ccccc1C(=O)c1cnoc1C1CC1. The summed E-state index contributed by atoms with van der Waals surface area (Å²) < 4.78 is 56.6. The fourth-order valence-electron chi connectivity index (χ4n) is 3.45. The topological polar surface area (TPSA) is 60.2 Å². The number of nitrogens with zero attached hydrogens (tertiary/aromatic N) is 1. The fraction of sp³-hybridized carbons (Fsp3) is 0.273.